The van der Waals surface area contributed by atoms with Gasteiger partial charge in [-0.05, 0) is 35.9 Å². The highest BCUT2D eigenvalue weighted by Gasteiger charge is 2.32. The fourth-order valence-corrected chi connectivity index (χ4v) is 2.85. The number of ether oxygens (including phenoxy) is 1. The molecule has 0 saturated carbocycles. The summed E-state index contributed by atoms with van der Waals surface area (Å²) in [4.78, 5) is 25.0. The largest absolute Gasteiger partial charge is 0.497 e. The van der Waals surface area contributed by atoms with Crippen molar-refractivity contribution in [3.8, 4) is 5.75 Å². The van der Waals surface area contributed by atoms with Gasteiger partial charge in [0.1, 0.15) is 11.3 Å². The van der Waals surface area contributed by atoms with Gasteiger partial charge in [-0.15, -0.1) is 0 Å². The quantitative estimate of drug-likeness (QED) is 0.480. The maximum atomic E-state index is 13.0. The third-order valence-electron chi connectivity index (χ3n) is 4.41. The molecule has 31 heavy (non-hydrogen) atoms. The van der Waals surface area contributed by atoms with E-state index in [-0.39, 0.29) is 17.7 Å². The van der Waals surface area contributed by atoms with Crippen molar-refractivity contribution in [3.05, 3.63) is 99.5 Å². The Morgan fingerprint density at radius 1 is 1.10 bits per heavy atom. The molecule has 0 unspecified atom stereocenters. The Morgan fingerprint density at radius 2 is 1.81 bits per heavy atom. The minimum Gasteiger partial charge on any atom is -0.497 e. The smallest absolute Gasteiger partial charge is 0.417 e. The summed E-state index contributed by atoms with van der Waals surface area (Å²) in [5.74, 6) is -0.149. The molecule has 0 fully saturated rings. The Labute approximate surface area is 175 Å². The monoisotopic (exact) mass is 429 g/mol. The van der Waals surface area contributed by atoms with E-state index in [0.717, 1.165) is 17.8 Å². The number of alkyl halides is 3. The molecule has 6 nitrogen and oxygen atoms in total. The number of rotatable bonds is 6. The third-order valence-corrected chi connectivity index (χ3v) is 4.41. The van der Waals surface area contributed by atoms with Crippen LogP contribution in [0.1, 0.15) is 27.0 Å². The minimum atomic E-state index is -4.55. The van der Waals surface area contributed by atoms with Crippen LogP contribution in [0.15, 0.2) is 76.8 Å². The highest BCUT2D eigenvalue weighted by Crippen LogP contribution is 2.31. The van der Waals surface area contributed by atoms with Crippen molar-refractivity contribution in [2.45, 2.75) is 12.7 Å². The fraction of sp³-hybridized carbons (Fsp3) is 0.136. The number of nitrogens with one attached hydrogen (secondary N) is 1. The molecule has 0 aliphatic carbocycles. The van der Waals surface area contributed by atoms with Crippen LogP contribution >= 0.6 is 0 Å². The second-order valence-electron chi connectivity index (χ2n) is 6.49. The second kappa shape index (κ2) is 9.29. The Balaban J connectivity index is 1.75. The van der Waals surface area contributed by atoms with E-state index in [1.54, 1.807) is 31.4 Å². The lowest BCUT2D eigenvalue weighted by molar-refractivity contribution is -0.137. The first-order valence-electron chi connectivity index (χ1n) is 9.11. The van der Waals surface area contributed by atoms with E-state index >= 15 is 0 Å². The predicted molar refractivity (Wildman–Crippen MR) is 109 cm³/mol. The van der Waals surface area contributed by atoms with Gasteiger partial charge in [-0.1, -0.05) is 30.3 Å². The van der Waals surface area contributed by atoms with E-state index < -0.39 is 23.2 Å². The molecule has 160 valence electrons. The van der Waals surface area contributed by atoms with Crippen molar-refractivity contribution in [2.75, 3.05) is 7.11 Å². The molecule has 3 rings (SSSR count). The number of hydrogen-bond donors (Lipinski definition) is 1. The van der Waals surface area contributed by atoms with Crippen LogP contribution in [-0.4, -0.2) is 23.8 Å². The molecule has 0 aliphatic rings. The fourth-order valence-electron chi connectivity index (χ4n) is 2.85. The summed E-state index contributed by atoms with van der Waals surface area (Å²) in [5.41, 5.74) is 1.10. The molecule has 0 spiro atoms. The summed E-state index contributed by atoms with van der Waals surface area (Å²) < 4.78 is 45.5. The van der Waals surface area contributed by atoms with Crippen LogP contribution in [0, 0.1) is 0 Å². The van der Waals surface area contributed by atoms with Crippen molar-refractivity contribution in [1.82, 2.24) is 9.99 Å². The second-order valence-corrected chi connectivity index (χ2v) is 6.49. The van der Waals surface area contributed by atoms with Gasteiger partial charge in [0.15, 0.2) is 0 Å². The van der Waals surface area contributed by atoms with Gasteiger partial charge in [0.2, 0.25) is 0 Å². The Kier molecular flexibility index (Phi) is 6.54. The van der Waals surface area contributed by atoms with Crippen molar-refractivity contribution < 1.29 is 22.7 Å². The van der Waals surface area contributed by atoms with Crippen LogP contribution in [0.4, 0.5) is 13.2 Å². The Hall–Kier alpha value is -3.88. The van der Waals surface area contributed by atoms with Crippen LogP contribution < -0.4 is 15.7 Å². The lowest BCUT2D eigenvalue weighted by Gasteiger charge is -2.09. The number of carbonyl (C=O) groups excluding carboxylic acids is 1. The number of pyridine rings is 1. The third kappa shape index (κ3) is 5.39. The first-order valence-corrected chi connectivity index (χ1v) is 9.11. The summed E-state index contributed by atoms with van der Waals surface area (Å²) >= 11 is 0. The first-order chi connectivity index (χ1) is 14.8. The number of hydrogen-bond acceptors (Lipinski definition) is 4. The number of halogens is 3. The summed E-state index contributed by atoms with van der Waals surface area (Å²) in [5, 5.41) is 3.58. The van der Waals surface area contributed by atoms with Gasteiger partial charge in [0.05, 0.1) is 25.4 Å². The van der Waals surface area contributed by atoms with Gasteiger partial charge in [-0.3, -0.25) is 9.59 Å². The van der Waals surface area contributed by atoms with E-state index in [0.29, 0.717) is 5.75 Å². The summed E-state index contributed by atoms with van der Waals surface area (Å²) in [6.07, 6.45) is -2.13. The average molecular weight is 429 g/mol. The van der Waals surface area contributed by atoms with Gasteiger partial charge < -0.3 is 9.30 Å². The van der Waals surface area contributed by atoms with E-state index in [1.165, 1.54) is 41.1 Å². The van der Waals surface area contributed by atoms with Gasteiger partial charge >= 0.3 is 6.18 Å². The average Bonchev–Trinajstić information content (AvgIpc) is 2.75. The van der Waals surface area contributed by atoms with Gasteiger partial charge in [0, 0.05) is 11.8 Å². The maximum Gasteiger partial charge on any atom is 0.417 e. The number of aromatic nitrogens is 1. The van der Waals surface area contributed by atoms with Crippen LogP contribution in [0.5, 0.6) is 5.75 Å². The summed E-state index contributed by atoms with van der Waals surface area (Å²) in [6.45, 7) is 0.228. The van der Waals surface area contributed by atoms with Crippen molar-refractivity contribution in [2.24, 2.45) is 5.10 Å². The van der Waals surface area contributed by atoms with E-state index in [9.17, 15) is 22.8 Å². The zero-order chi connectivity index (χ0) is 22.4. The van der Waals surface area contributed by atoms with Crippen LogP contribution in [0.25, 0.3) is 0 Å². The summed E-state index contributed by atoms with van der Waals surface area (Å²) in [7, 11) is 1.55. The van der Waals surface area contributed by atoms with Crippen molar-refractivity contribution >= 4 is 12.1 Å². The number of amides is 1. The molecule has 3 aromatic rings. The zero-order valence-electron chi connectivity index (χ0n) is 16.4. The van der Waals surface area contributed by atoms with Crippen LogP contribution in [-0.2, 0) is 12.7 Å². The lowest BCUT2D eigenvalue weighted by Crippen LogP contribution is -2.30. The highest BCUT2D eigenvalue weighted by atomic mass is 19.4. The molecule has 2 aromatic carbocycles. The first kappa shape index (κ1) is 21.8. The number of nitrogens with zero attached hydrogens (tertiary/aromatic N) is 2. The van der Waals surface area contributed by atoms with E-state index in [1.807, 2.05) is 0 Å². The predicted octanol–water partition coefficient (Wildman–Crippen LogP) is 3.69. The molecule has 1 heterocycles. The minimum absolute atomic E-state index is 0.183. The molecule has 9 heteroatoms. The van der Waals surface area contributed by atoms with Gasteiger partial charge in [-0.25, -0.2) is 5.43 Å². The van der Waals surface area contributed by atoms with Gasteiger partial charge in [0.25, 0.3) is 11.5 Å². The molecule has 0 saturated heterocycles. The molecule has 1 aromatic heterocycles. The molecule has 1 N–H and O–H groups in total. The molecular weight excluding hydrogens is 411 g/mol. The maximum absolute atomic E-state index is 13.0. The normalized spacial score (nSPS) is 11.5. The summed E-state index contributed by atoms with van der Waals surface area (Å²) in [6, 6.07) is 14.8. The van der Waals surface area contributed by atoms with Crippen LogP contribution in [0.2, 0.25) is 0 Å². The van der Waals surface area contributed by atoms with Crippen molar-refractivity contribution in [3.63, 3.8) is 0 Å². The SMILES string of the molecule is COc1ccc(Cn2cccc(C(=O)N/N=C\c3ccccc3C(F)(F)F)c2=O)cc1. The number of benzene rings is 2. The van der Waals surface area contributed by atoms with E-state index in [4.69, 9.17) is 4.74 Å². The molecule has 0 aliphatic heterocycles. The number of methoxy groups -OCH3 is 1. The van der Waals surface area contributed by atoms with Crippen LogP contribution in [0.3, 0.4) is 0 Å². The van der Waals surface area contributed by atoms with Gasteiger partial charge in [-0.2, -0.15) is 18.3 Å². The van der Waals surface area contributed by atoms with Crippen molar-refractivity contribution in [1.29, 1.82) is 0 Å². The van der Waals surface area contributed by atoms with E-state index in [2.05, 4.69) is 10.5 Å². The number of hydrazone groups is 1. The Bertz CT molecular complexity index is 1150. The molecule has 0 bridgehead atoms. The standard InChI is InChI=1S/C22H18F3N3O3/c1-31-17-10-8-15(9-11-17)14-28-12-4-6-18(21(28)30)20(29)27-26-13-16-5-2-3-7-19(16)22(23,24)25/h2-13H,14H2,1H3,(H,27,29)/b26-13-. The number of carbonyl (C=O) groups is 1. The Morgan fingerprint density at radius 3 is 2.48 bits per heavy atom. The molecule has 0 atom stereocenters. The zero-order valence-corrected chi connectivity index (χ0v) is 16.4. The molecular formula is C22H18F3N3O3. The topological polar surface area (TPSA) is 72.7 Å². The molecule has 0 radical (unpaired) electrons. The highest BCUT2D eigenvalue weighted by molar-refractivity contribution is 5.94. The lowest BCUT2D eigenvalue weighted by atomic mass is 10.1. The molecule has 1 amide bonds.